The summed E-state index contributed by atoms with van der Waals surface area (Å²) in [5.74, 6) is -0.580. The highest BCUT2D eigenvalue weighted by atomic mass is 16.5. The van der Waals surface area contributed by atoms with Crippen molar-refractivity contribution in [3.63, 3.8) is 0 Å². The van der Waals surface area contributed by atoms with E-state index in [9.17, 15) is 4.79 Å². The van der Waals surface area contributed by atoms with Crippen molar-refractivity contribution < 1.29 is 9.32 Å². The second-order valence-corrected chi connectivity index (χ2v) is 2.48. The van der Waals surface area contributed by atoms with Crippen LogP contribution in [0.25, 0.3) is 0 Å². The third-order valence-corrected chi connectivity index (χ3v) is 1.52. The number of carbonyl (C=O) groups excluding carboxylic acids is 1. The molecule has 0 spiro atoms. The lowest BCUT2D eigenvalue weighted by Crippen LogP contribution is -2.14. The van der Waals surface area contributed by atoms with Crippen LogP contribution in [0.2, 0.25) is 0 Å². The lowest BCUT2D eigenvalue weighted by molar-refractivity contribution is 0.1000. The first-order valence-electron chi connectivity index (χ1n) is 3.70. The molecule has 0 aliphatic rings. The number of aromatic nitrogens is 1. The summed E-state index contributed by atoms with van der Waals surface area (Å²) < 4.78 is 4.64. The number of nitrogen functional groups attached to an aromatic ring is 1. The highest BCUT2D eigenvalue weighted by Crippen LogP contribution is 2.16. The van der Waals surface area contributed by atoms with Crippen LogP contribution in [-0.2, 0) is 6.42 Å². The van der Waals surface area contributed by atoms with Crippen molar-refractivity contribution >= 4 is 11.8 Å². The summed E-state index contributed by atoms with van der Waals surface area (Å²) >= 11 is 0. The Hall–Kier alpha value is -1.52. The number of aryl methyl sites for hydroxylation is 1. The summed E-state index contributed by atoms with van der Waals surface area (Å²) in [5.41, 5.74) is 11.2. The van der Waals surface area contributed by atoms with Crippen molar-refractivity contribution in [3.8, 4) is 0 Å². The summed E-state index contributed by atoms with van der Waals surface area (Å²) in [5, 5.41) is 3.63. The highest BCUT2D eigenvalue weighted by molar-refractivity contribution is 5.97. The van der Waals surface area contributed by atoms with E-state index < -0.39 is 5.91 Å². The van der Waals surface area contributed by atoms with Crippen LogP contribution >= 0.6 is 0 Å². The van der Waals surface area contributed by atoms with Gasteiger partial charge in [0.2, 0.25) is 5.88 Å². The first-order valence-corrected chi connectivity index (χ1v) is 3.70. The maximum atomic E-state index is 10.8. The molecule has 0 atom stereocenters. The summed E-state index contributed by atoms with van der Waals surface area (Å²) in [6, 6.07) is 0. The van der Waals surface area contributed by atoms with E-state index in [1.807, 2.05) is 6.92 Å². The largest absolute Gasteiger partial charge is 0.367 e. The van der Waals surface area contributed by atoms with E-state index >= 15 is 0 Å². The first-order chi connectivity index (χ1) is 5.66. The van der Waals surface area contributed by atoms with Crippen molar-refractivity contribution in [2.45, 2.75) is 19.8 Å². The van der Waals surface area contributed by atoms with Crippen LogP contribution in [0, 0.1) is 0 Å². The molecule has 0 aromatic carbocycles. The fourth-order valence-electron chi connectivity index (χ4n) is 1.01. The Morgan fingerprint density at radius 3 is 2.83 bits per heavy atom. The Kier molecular flexibility index (Phi) is 2.32. The second-order valence-electron chi connectivity index (χ2n) is 2.48. The third-order valence-electron chi connectivity index (χ3n) is 1.52. The predicted octanol–water partition coefficient (Wildman–Crippen LogP) is 0.308. The highest BCUT2D eigenvalue weighted by Gasteiger charge is 2.17. The van der Waals surface area contributed by atoms with Gasteiger partial charge in [-0.05, 0) is 6.42 Å². The van der Waals surface area contributed by atoms with Crippen molar-refractivity contribution in [3.05, 3.63) is 11.3 Å². The monoisotopic (exact) mass is 169 g/mol. The van der Waals surface area contributed by atoms with E-state index in [0.717, 1.165) is 6.42 Å². The molecule has 0 saturated carbocycles. The van der Waals surface area contributed by atoms with Crippen LogP contribution in [0.15, 0.2) is 4.52 Å². The SMILES string of the molecule is CCCc1noc(N)c1C(N)=O. The van der Waals surface area contributed by atoms with Gasteiger partial charge < -0.3 is 16.0 Å². The Morgan fingerprint density at radius 1 is 1.67 bits per heavy atom. The number of rotatable bonds is 3. The number of hydrogen-bond donors (Lipinski definition) is 2. The lowest BCUT2D eigenvalue weighted by atomic mass is 10.1. The zero-order valence-electron chi connectivity index (χ0n) is 6.83. The normalized spacial score (nSPS) is 10.1. The molecule has 1 heterocycles. The first kappa shape index (κ1) is 8.58. The molecule has 0 radical (unpaired) electrons. The second kappa shape index (κ2) is 3.25. The topological polar surface area (TPSA) is 95.1 Å². The molecule has 1 aromatic heterocycles. The van der Waals surface area contributed by atoms with E-state index in [-0.39, 0.29) is 11.4 Å². The molecule has 1 rings (SSSR count). The number of primary amides is 1. The number of nitrogens with two attached hydrogens (primary N) is 2. The van der Waals surface area contributed by atoms with Crippen molar-refractivity contribution in [2.75, 3.05) is 5.73 Å². The maximum absolute atomic E-state index is 10.8. The van der Waals surface area contributed by atoms with Crippen molar-refractivity contribution in [1.29, 1.82) is 0 Å². The van der Waals surface area contributed by atoms with E-state index in [1.54, 1.807) is 0 Å². The van der Waals surface area contributed by atoms with Crippen molar-refractivity contribution in [1.82, 2.24) is 5.16 Å². The molecule has 1 aromatic rings. The minimum atomic E-state index is -0.586. The minimum Gasteiger partial charge on any atom is -0.367 e. The number of amides is 1. The average molecular weight is 169 g/mol. The Bertz CT molecular complexity index is 293. The van der Waals surface area contributed by atoms with Gasteiger partial charge in [-0.3, -0.25) is 4.79 Å². The molecule has 1 amide bonds. The molecule has 0 saturated heterocycles. The molecule has 0 unspecified atom stereocenters. The standard InChI is InChI=1S/C7H11N3O2/c1-2-3-4-5(6(8)11)7(9)12-10-4/h2-3,9H2,1H3,(H2,8,11). The van der Waals surface area contributed by atoms with E-state index in [0.29, 0.717) is 12.1 Å². The number of hydrogen-bond acceptors (Lipinski definition) is 4. The zero-order valence-corrected chi connectivity index (χ0v) is 6.83. The fraction of sp³-hybridized carbons (Fsp3) is 0.429. The molecule has 0 bridgehead atoms. The maximum Gasteiger partial charge on any atom is 0.256 e. The summed E-state index contributed by atoms with van der Waals surface area (Å²) in [6.45, 7) is 1.97. The van der Waals surface area contributed by atoms with Crippen LogP contribution in [0.3, 0.4) is 0 Å². The Balaban J connectivity index is 3.04. The zero-order chi connectivity index (χ0) is 9.14. The van der Waals surface area contributed by atoms with Gasteiger partial charge in [-0.25, -0.2) is 0 Å². The molecule has 12 heavy (non-hydrogen) atoms. The van der Waals surface area contributed by atoms with Crippen LogP contribution in [0.4, 0.5) is 5.88 Å². The van der Waals surface area contributed by atoms with Crippen LogP contribution in [-0.4, -0.2) is 11.1 Å². The Morgan fingerprint density at radius 2 is 2.33 bits per heavy atom. The molecule has 5 nitrogen and oxygen atoms in total. The van der Waals surface area contributed by atoms with Crippen LogP contribution in [0.1, 0.15) is 29.4 Å². The molecule has 5 heteroatoms. The van der Waals surface area contributed by atoms with Crippen LogP contribution in [0.5, 0.6) is 0 Å². The fourth-order valence-corrected chi connectivity index (χ4v) is 1.01. The number of carbonyl (C=O) groups is 1. The van der Waals surface area contributed by atoms with Gasteiger partial charge in [0.05, 0.1) is 5.69 Å². The van der Waals surface area contributed by atoms with Gasteiger partial charge in [0, 0.05) is 0 Å². The molecule has 0 aliphatic heterocycles. The quantitative estimate of drug-likeness (QED) is 0.680. The summed E-state index contributed by atoms with van der Waals surface area (Å²) in [6.07, 6.45) is 1.52. The van der Waals surface area contributed by atoms with Gasteiger partial charge in [-0.15, -0.1) is 0 Å². The molecule has 4 N–H and O–H groups in total. The molecular weight excluding hydrogens is 158 g/mol. The Labute approximate surface area is 69.7 Å². The van der Waals surface area contributed by atoms with Gasteiger partial charge in [0.1, 0.15) is 5.56 Å². The minimum absolute atomic E-state index is 0.00551. The molecule has 0 fully saturated rings. The molecule has 66 valence electrons. The summed E-state index contributed by atoms with van der Waals surface area (Å²) in [4.78, 5) is 10.8. The van der Waals surface area contributed by atoms with E-state index in [1.165, 1.54) is 0 Å². The van der Waals surface area contributed by atoms with Gasteiger partial charge in [-0.1, -0.05) is 18.5 Å². The number of anilines is 1. The van der Waals surface area contributed by atoms with Gasteiger partial charge in [0.25, 0.3) is 5.91 Å². The van der Waals surface area contributed by atoms with Crippen LogP contribution < -0.4 is 11.5 Å². The third kappa shape index (κ3) is 1.39. The number of nitrogens with zero attached hydrogens (tertiary/aromatic N) is 1. The predicted molar refractivity (Wildman–Crippen MR) is 43.4 cm³/mol. The van der Waals surface area contributed by atoms with E-state index in [2.05, 4.69) is 9.68 Å². The van der Waals surface area contributed by atoms with Gasteiger partial charge >= 0.3 is 0 Å². The van der Waals surface area contributed by atoms with Crippen molar-refractivity contribution in [2.24, 2.45) is 5.73 Å². The molecular formula is C7H11N3O2. The molecule has 0 aliphatic carbocycles. The summed E-state index contributed by atoms with van der Waals surface area (Å²) in [7, 11) is 0. The lowest BCUT2D eigenvalue weighted by Gasteiger charge is -1.93. The van der Waals surface area contributed by atoms with Gasteiger partial charge in [-0.2, -0.15) is 0 Å². The average Bonchev–Trinajstić information content (AvgIpc) is 2.32. The van der Waals surface area contributed by atoms with E-state index in [4.69, 9.17) is 11.5 Å². The van der Waals surface area contributed by atoms with Gasteiger partial charge in [0.15, 0.2) is 0 Å². The smallest absolute Gasteiger partial charge is 0.256 e.